The topological polar surface area (TPSA) is 91.3 Å². The predicted octanol–water partition coefficient (Wildman–Crippen LogP) is 4.61. The Labute approximate surface area is 146 Å². The number of anilines is 1. The van der Waals surface area contributed by atoms with E-state index in [1.807, 2.05) is 24.3 Å². The first-order valence-corrected chi connectivity index (χ1v) is 8.22. The Bertz CT molecular complexity index is 710. The smallest absolute Gasteiger partial charge is 0.269 e. The second kappa shape index (κ2) is 8.89. The van der Waals surface area contributed by atoms with Crippen LogP contribution in [0.2, 0.25) is 0 Å². The first-order valence-electron chi connectivity index (χ1n) is 8.22. The standard InChI is InChI=1S/C18H22N4O3/c1-3-16(13-23)21(4-2)17-9-5-14(6-10-17)19-20-15-7-11-18(12-8-15)22(24)25/h5-12,16,23H,3-4,13H2,1-2H3/b20-19+. The Balaban J connectivity index is 2.10. The summed E-state index contributed by atoms with van der Waals surface area (Å²) in [5, 5.41) is 28.4. The Kier molecular flexibility index (Phi) is 6.59. The molecule has 0 bridgehead atoms. The molecule has 25 heavy (non-hydrogen) atoms. The van der Waals surface area contributed by atoms with E-state index < -0.39 is 4.92 Å². The van der Waals surface area contributed by atoms with Crippen molar-refractivity contribution in [2.24, 2.45) is 10.2 Å². The van der Waals surface area contributed by atoms with Gasteiger partial charge in [-0.05, 0) is 49.7 Å². The third-order valence-corrected chi connectivity index (χ3v) is 3.99. The number of rotatable bonds is 8. The molecule has 0 amide bonds. The molecular weight excluding hydrogens is 320 g/mol. The van der Waals surface area contributed by atoms with Crippen molar-refractivity contribution >= 4 is 22.7 Å². The Morgan fingerprint density at radius 1 is 1.04 bits per heavy atom. The predicted molar refractivity (Wildman–Crippen MR) is 97.9 cm³/mol. The number of azo groups is 1. The van der Waals surface area contributed by atoms with Crippen molar-refractivity contribution in [1.82, 2.24) is 0 Å². The molecule has 0 radical (unpaired) electrons. The molecule has 0 fully saturated rings. The zero-order chi connectivity index (χ0) is 18.2. The fourth-order valence-electron chi connectivity index (χ4n) is 2.57. The monoisotopic (exact) mass is 342 g/mol. The van der Waals surface area contributed by atoms with Gasteiger partial charge in [-0.15, -0.1) is 0 Å². The van der Waals surface area contributed by atoms with Gasteiger partial charge < -0.3 is 10.0 Å². The van der Waals surface area contributed by atoms with Gasteiger partial charge in [-0.3, -0.25) is 10.1 Å². The number of nitro benzene ring substituents is 1. The lowest BCUT2D eigenvalue weighted by molar-refractivity contribution is -0.384. The average molecular weight is 342 g/mol. The van der Waals surface area contributed by atoms with E-state index in [1.54, 1.807) is 12.1 Å². The third-order valence-electron chi connectivity index (χ3n) is 3.99. The number of hydrogen-bond donors (Lipinski definition) is 1. The molecule has 0 heterocycles. The number of aliphatic hydroxyl groups excluding tert-OH is 1. The minimum Gasteiger partial charge on any atom is -0.394 e. The molecule has 7 nitrogen and oxygen atoms in total. The highest BCUT2D eigenvalue weighted by molar-refractivity contribution is 5.53. The number of hydrogen-bond acceptors (Lipinski definition) is 6. The normalized spacial score (nSPS) is 12.3. The second-order valence-corrected chi connectivity index (χ2v) is 5.52. The molecule has 2 rings (SSSR count). The number of nitro groups is 1. The third kappa shape index (κ3) is 4.84. The van der Waals surface area contributed by atoms with Gasteiger partial charge in [-0.25, -0.2) is 0 Å². The molecule has 7 heteroatoms. The van der Waals surface area contributed by atoms with Gasteiger partial charge in [0.15, 0.2) is 0 Å². The maximum absolute atomic E-state index is 10.6. The summed E-state index contributed by atoms with van der Waals surface area (Å²) in [6.45, 7) is 5.03. The lowest BCUT2D eigenvalue weighted by Gasteiger charge is -2.30. The van der Waals surface area contributed by atoms with Crippen molar-refractivity contribution in [2.45, 2.75) is 26.3 Å². The van der Waals surface area contributed by atoms with Crippen LogP contribution in [-0.4, -0.2) is 29.2 Å². The molecule has 0 saturated carbocycles. The van der Waals surface area contributed by atoms with E-state index in [0.717, 1.165) is 18.7 Å². The molecule has 0 aromatic heterocycles. The Morgan fingerprint density at radius 2 is 1.56 bits per heavy atom. The average Bonchev–Trinajstić information content (AvgIpc) is 2.65. The summed E-state index contributed by atoms with van der Waals surface area (Å²) in [5.41, 5.74) is 2.29. The van der Waals surface area contributed by atoms with Gasteiger partial charge in [0.25, 0.3) is 5.69 Å². The van der Waals surface area contributed by atoms with Crippen molar-refractivity contribution in [2.75, 3.05) is 18.1 Å². The van der Waals surface area contributed by atoms with Gasteiger partial charge in [-0.2, -0.15) is 10.2 Å². The van der Waals surface area contributed by atoms with Crippen LogP contribution < -0.4 is 4.90 Å². The highest BCUT2D eigenvalue weighted by atomic mass is 16.6. The lowest BCUT2D eigenvalue weighted by atomic mass is 10.1. The molecule has 0 aliphatic heterocycles. The van der Waals surface area contributed by atoms with E-state index in [9.17, 15) is 15.2 Å². The van der Waals surface area contributed by atoms with Crippen LogP contribution in [0.1, 0.15) is 20.3 Å². The van der Waals surface area contributed by atoms with E-state index >= 15 is 0 Å². The van der Waals surface area contributed by atoms with Gasteiger partial charge in [0.05, 0.1) is 28.9 Å². The van der Waals surface area contributed by atoms with Crippen molar-refractivity contribution < 1.29 is 10.0 Å². The molecule has 1 N–H and O–H groups in total. The SMILES string of the molecule is CCC(CO)N(CC)c1ccc(/N=N/c2ccc([N+](=O)[O-])cc2)cc1. The van der Waals surface area contributed by atoms with Crippen LogP contribution >= 0.6 is 0 Å². The highest BCUT2D eigenvalue weighted by Crippen LogP contribution is 2.25. The summed E-state index contributed by atoms with van der Waals surface area (Å²) in [7, 11) is 0. The van der Waals surface area contributed by atoms with Gasteiger partial charge in [-0.1, -0.05) is 6.92 Å². The van der Waals surface area contributed by atoms with Crippen molar-refractivity contribution in [3.8, 4) is 0 Å². The van der Waals surface area contributed by atoms with E-state index in [0.29, 0.717) is 11.4 Å². The van der Waals surface area contributed by atoms with Crippen LogP contribution in [0.5, 0.6) is 0 Å². The minimum absolute atomic E-state index is 0.0253. The summed E-state index contributed by atoms with van der Waals surface area (Å²) < 4.78 is 0. The van der Waals surface area contributed by atoms with Gasteiger partial charge >= 0.3 is 0 Å². The summed E-state index contributed by atoms with van der Waals surface area (Å²) in [6, 6.07) is 13.6. The van der Waals surface area contributed by atoms with Gasteiger partial charge in [0.2, 0.25) is 0 Å². The van der Waals surface area contributed by atoms with E-state index in [1.165, 1.54) is 12.1 Å². The molecule has 2 aromatic rings. The van der Waals surface area contributed by atoms with Crippen molar-refractivity contribution in [1.29, 1.82) is 0 Å². The molecular formula is C18H22N4O3. The molecule has 132 valence electrons. The van der Waals surface area contributed by atoms with Crippen LogP contribution in [0.3, 0.4) is 0 Å². The summed E-state index contributed by atoms with van der Waals surface area (Å²) in [4.78, 5) is 12.3. The maximum Gasteiger partial charge on any atom is 0.269 e. The lowest BCUT2D eigenvalue weighted by Crippen LogP contribution is -2.37. The van der Waals surface area contributed by atoms with Gasteiger partial charge in [0, 0.05) is 24.4 Å². The zero-order valence-corrected chi connectivity index (χ0v) is 14.4. The molecule has 0 spiro atoms. The maximum atomic E-state index is 10.6. The quantitative estimate of drug-likeness (QED) is 0.431. The molecule has 2 aromatic carbocycles. The Hall–Kier alpha value is -2.80. The van der Waals surface area contributed by atoms with Crippen LogP contribution in [0.4, 0.5) is 22.7 Å². The molecule has 0 aliphatic carbocycles. The summed E-state index contributed by atoms with van der Waals surface area (Å²) >= 11 is 0. The van der Waals surface area contributed by atoms with E-state index in [4.69, 9.17) is 0 Å². The number of aliphatic hydroxyl groups is 1. The van der Waals surface area contributed by atoms with Crippen LogP contribution in [0.15, 0.2) is 58.8 Å². The second-order valence-electron chi connectivity index (χ2n) is 5.52. The number of nitrogens with zero attached hydrogens (tertiary/aromatic N) is 4. The zero-order valence-electron chi connectivity index (χ0n) is 14.4. The Morgan fingerprint density at radius 3 is 1.96 bits per heavy atom. The fourth-order valence-corrected chi connectivity index (χ4v) is 2.57. The molecule has 1 atom stereocenters. The molecule has 0 aliphatic rings. The summed E-state index contributed by atoms with van der Waals surface area (Å²) in [6.07, 6.45) is 0.867. The van der Waals surface area contributed by atoms with Gasteiger partial charge in [0.1, 0.15) is 0 Å². The van der Waals surface area contributed by atoms with E-state index in [-0.39, 0.29) is 18.3 Å². The van der Waals surface area contributed by atoms with Crippen LogP contribution in [-0.2, 0) is 0 Å². The number of non-ortho nitro benzene ring substituents is 1. The largest absolute Gasteiger partial charge is 0.394 e. The highest BCUT2D eigenvalue weighted by Gasteiger charge is 2.14. The summed E-state index contributed by atoms with van der Waals surface area (Å²) in [5.74, 6) is 0. The first-order chi connectivity index (χ1) is 12.1. The van der Waals surface area contributed by atoms with Crippen molar-refractivity contribution in [3.05, 3.63) is 58.6 Å². The van der Waals surface area contributed by atoms with E-state index in [2.05, 4.69) is 29.0 Å². The molecule has 0 saturated heterocycles. The van der Waals surface area contributed by atoms with Crippen molar-refractivity contribution in [3.63, 3.8) is 0 Å². The number of benzene rings is 2. The first kappa shape index (κ1) is 18.5. The van der Waals surface area contributed by atoms with Crippen LogP contribution in [0.25, 0.3) is 0 Å². The molecule has 1 unspecified atom stereocenters. The van der Waals surface area contributed by atoms with Crippen LogP contribution in [0, 0.1) is 10.1 Å². The minimum atomic E-state index is -0.449. The fraction of sp³-hybridized carbons (Fsp3) is 0.333. The number of likely N-dealkylation sites (N-methyl/N-ethyl adjacent to an activating group) is 1.